The Morgan fingerprint density at radius 1 is 1.07 bits per heavy atom. The van der Waals surface area contributed by atoms with E-state index in [1.54, 1.807) is 0 Å². The van der Waals surface area contributed by atoms with Gasteiger partial charge in [0.25, 0.3) is 11.8 Å². The average Bonchev–Trinajstić information content (AvgIpc) is 3.15. The van der Waals surface area contributed by atoms with E-state index in [-0.39, 0.29) is 11.8 Å². The van der Waals surface area contributed by atoms with E-state index in [4.69, 9.17) is 0 Å². The predicted octanol–water partition coefficient (Wildman–Crippen LogP) is 3.34. The summed E-state index contributed by atoms with van der Waals surface area (Å²) in [6.07, 6.45) is 6.90. The van der Waals surface area contributed by atoms with Crippen molar-refractivity contribution >= 4 is 11.8 Å². The summed E-state index contributed by atoms with van der Waals surface area (Å²) in [7, 11) is 0. The van der Waals surface area contributed by atoms with Crippen LogP contribution in [0, 0.1) is 0 Å². The SMILES string of the molecule is CCCCCNC(=O)c1nc(C(=O)N2CCc3ccccc3C2)c2n1CCCC2. The zero-order valence-electron chi connectivity index (χ0n) is 17.2. The molecule has 0 unspecified atom stereocenters. The highest BCUT2D eigenvalue weighted by Crippen LogP contribution is 2.25. The number of carbonyl (C=O) groups excluding carboxylic acids is 2. The minimum Gasteiger partial charge on any atom is -0.349 e. The highest BCUT2D eigenvalue weighted by atomic mass is 16.2. The maximum Gasteiger partial charge on any atom is 0.287 e. The van der Waals surface area contributed by atoms with Crippen LogP contribution in [0.5, 0.6) is 0 Å². The Kier molecular flexibility index (Phi) is 5.97. The van der Waals surface area contributed by atoms with Crippen LogP contribution in [0.15, 0.2) is 24.3 Å². The van der Waals surface area contributed by atoms with Crippen LogP contribution in [-0.2, 0) is 25.9 Å². The lowest BCUT2D eigenvalue weighted by Gasteiger charge is -2.28. The molecule has 6 nitrogen and oxygen atoms in total. The van der Waals surface area contributed by atoms with Crippen LogP contribution in [0.4, 0.5) is 0 Å². The number of hydrogen-bond donors (Lipinski definition) is 1. The second-order valence-corrected chi connectivity index (χ2v) is 8.05. The molecule has 1 N–H and O–H groups in total. The molecule has 0 bridgehead atoms. The lowest BCUT2D eigenvalue weighted by atomic mass is 9.99. The summed E-state index contributed by atoms with van der Waals surface area (Å²) in [6.45, 7) is 4.86. The highest BCUT2D eigenvalue weighted by molar-refractivity contribution is 5.97. The van der Waals surface area contributed by atoms with Gasteiger partial charge in [0.1, 0.15) is 5.69 Å². The van der Waals surface area contributed by atoms with Gasteiger partial charge < -0.3 is 14.8 Å². The van der Waals surface area contributed by atoms with Crippen molar-refractivity contribution in [3.63, 3.8) is 0 Å². The van der Waals surface area contributed by atoms with Gasteiger partial charge >= 0.3 is 0 Å². The van der Waals surface area contributed by atoms with Crippen molar-refractivity contribution in [1.82, 2.24) is 19.8 Å². The van der Waals surface area contributed by atoms with Gasteiger partial charge in [-0.1, -0.05) is 44.0 Å². The fourth-order valence-electron chi connectivity index (χ4n) is 4.36. The average molecular weight is 395 g/mol. The van der Waals surface area contributed by atoms with Crippen LogP contribution in [0.3, 0.4) is 0 Å². The first-order valence-corrected chi connectivity index (χ1v) is 10.9. The van der Waals surface area contributed by atoms with Crippen LogP contribution >= 0.6 is 0 Å². The molecule has 0 saturated carbocycles. The summed E-state index contributed by atoms with van der Waals surface area (Å²) in [5.41, 5.74) is 3.92. The smallest absolute Gasteiger partial charge is 0.287 e. The largest absolute Gasteiger partial charge is 0.349 e. The lowest BCUT2D eigenvalue weighted by Crippen LogP contribution is -2.36. The first kappa shape index (κ1) is 19.7. The molecule has 2 aliphatic rings. The number of aromatic nitrogens is 2. The normalized spacial score (nSPS) is 15.6. The first-order valence-electron chi connectivity index (χ1n) is 10.9. The zero-order valence-corrected chi connectivity index (χ0v) is 17.2. The summed E-state index contributed by atoms with van der Waals surface area (Å²) in [6, 6.07) is 8.29. The molecular weight excluding hydrogens is 364 g/mol. The van der Waals surface area contributed by atoms with Gasteiger partial charge in [-0.05, 0) is 43.2 Å². The van der Waals surface area contributed by atoms with Gasteiger partial charge in [0, 0.05) is 26.2 Å². The standard InChI is InChI=1S/C23H30N4O2/c1-2-3-7-13-24-22(28)21-25-20(19-11-6-8-14-27(19)21)23(29)26-15-12-17-9-4-5-10-18(17)16-26/h4-5,9-10H,2-3,6-8,11-16H2,1H3,(H,24,28). The van der Waals surface area contributed by atoms with E-state index in [2.05, 4.69) is 29.4 Å². The second-order valence-electron chi connectivity index (χ2n) is 8.05. The monoisotopic (exact) mass is 394 g/mol. The molecule has 6 heteroatoms. The Balaban J connectivity index is 1.55. The second kappa shape index (κ2) is 8.80. The topological polar surface area (TPSA) is 67.2 Å². The number of amides is 2. The Morgan fingerprint density at radius 3 is 2.72 bits per heavy atom. The minimum absolute atomic E-state index is 0.0461. The van der Waals surface area contributed by atoms with Crippen LogP contribution in [0.1, 0.15) is 77.0 Å². The summed E-state index contributed by atoms with van der Waals surface area (Å²) in [4.78, 5) is 32.5. The van der Waals surface area contributed by atoms with Crippen LogP contribution in [0.2, 0.25) is 0 Å². The molecule has 0 radical (unpaired) electrons. The molecule has 0 fully saturated rings. The molecule has 1 aromatic heterocycles. The number of imidazole rings is 1. The van der Waals surface area contributed by atoms with E-state index in [9.17, 15) is 9.59 Å². The third-order valence-corrected chi connectivity index (χ3v) is 6.01. The number of unbranched alkanes of at least 4 members (excludes halogenated alkanes) is 2. The molecule has 0 spiro atoms. The number of nitrogens with zero attached hydrogens (tertiary/aromatic N) is 3. The molecule has 1 aromatic carbocycles. The first-order chi connectivity index (χ1) is 14.2. The quantitative estimate of drug-likeness (QED) is 0.764. The number of rotatable bonds is 6. The predicted molar refractivity (Wildman–Crippen MR) is 112 cm³/mol. The molecule has 0 atom stereocenters. The fraction of sp³-hybridized carbons (Fsp3) is 0.522. The Bertz CT molecular complexity index is 902. The third-order valence-electron chi connectivity index (χ3n) is 6.01. The van der Waals surface area contributed by atoms with Gasteiger partial charge in [-0.25, -0.2) is 4.98 Å². The van der Waals surface area contributed by atoms with Gasteiger partial charge in [-0.15, -0.1) is 0 Å². The highest BCUT2D eigenvalue weighted by Gasteiger charge is 2.31. The number of benzene rings is 1. The minimum atomic E-state index is -0.160. The van der Waals surface area contributed by atoms with E-state index in [1.807, 2.05) is 21.6 Å². The summed E-state index contributed by atoms with van der Waals surface area (Å²) < 4.78 is 1.98. The van der Waals surface area contributed by atoms with Crippen LogP contribution in [-0.4, -0.2) is 39.4 Å². The van der Waals surface area contributed by atoms with Crippen molar-refractivity contribution in [3.05, 3.63) is 52.6 Å². The van der Waals surface area contributed by atoms with Crippen molar-refractivity contribution in [2.75, 3.05) is 13.1 Å². The molecule has 2 aromatic rings. The maximum absolute atomic E-state index is 13.3. The molecule has 154 valence electrons. The van der Waals surface area contributed by atoms with Crippen molar-refractivity contribution in [1.29, 1.82) is 0 Å². The van der Waals surface area contributed by atoms with Crippen LogP contribution < -0.4 is 5.32 Å². The molecule has 3 heterocycles. The number of nitrogens with one attached hydrogen (secondary N) is 1. The summed E-state index contributed by atoms with van der Waals surface area (Å²) in [5, 5.41) is 2.98. The zero-order chi connectivity index (χ0) is 20.2. The van der Waals surface area contributed by atoms with Crippen molar-refractivity contribution in [2.24, 2.45) is 0 Å². The Hall–Kier alpha value is -2.63. The van der Waals surface area contributed by atoms with E-state index < -0.39 is 0 Å². The number of fused-ring (bicyclic) bond motifs is 2. The fourth-order valence-corrected chi connectivity index (χ4v) is 4.36. The molecule has 0 saturated heterocycles. The molecule has 29 heavy (non-hydrogen) atoms. The van der Waals surface area contributed by atoms with Gasteiger partial charge in [0.2, 0.25) is 0 Å². The molecule has 4 rings (SSSR count). The van der Waals surface area contributed by atoms with Gasteiger partial charge in [0.05, 0.1) is 5.69 Å². The van der Waals surface area contributed by atoms with E-state index in [1.165, 1.54) is 11.1 Å². The van der Waals surface area contributed by atoms with E-state index >= 15 is 0 Å². The van der Waals surface area contributed by atoms with Gasteiger partial charge in [0.15, 0.2) is 5.82 Å². The number of hydrogen-bond acceptors (Lipinski definition) is 3. The van der Waals surface area contributed by atoms with Crippen molar-refractivity contribution in [2.45, 2.75) is 65.0 Å². The van der Waals surface area contributed by atoms with Gasteiger partial charge in [-0.3, -0.25) is 9.59 Å². The van der Waals surface area contributed by atoms with Crippen molar-refractivity contribution in [3.8, 4) is 0 Å². The Morgan fingerprint density at radius 2 is 1.90 bits per heavy atom. The van der Waals surface area contributed by atoms with Crippen molar-refractivity contribution < 1.29 is 9.59 Å². The van der Waals surface area contributed by atoms with E-state index in [0.717, 1.165) is 57.2 Å². The molecule has 2 amide bonds. The van der Waals surface area contributed by atoms with Gasteiger partial charge in [-0.2, -0.15) is 0 Å². The summed E-state index contributed by atoms with van der Waals surface area (Å²) in [5.74, 6) is 0.194. The number of carbonyl (C=O) groups is 2. The summed E-state index contributed by atoms with van der Waals surface area (Å²) >= 11 is 0. The molecule has 2 aliphatic heterocycles. The van der Waals surface area contributed by atoms with Crippen LogP contribution in [0.25, 0.3) is 0 Å². The Labute approximate surface area is 172 Å². The molecule has 0 aliphatic carbocycles. The maximum atomic E-state index is 13.3. The third kappa shape index (κ3) is 4.07. The molecular formula is C23H30N4O2. The lowest BCUT2D eigenvalue weighted by molar-refractivity contribution is 0.0727. The van der Waals surface area contributed by atoms with E-state index in [0.29, 0.717) is 31.2 Å².